The maximum absolute atomic E-state index is 11.0. The van der Waals surface area contributed by atoms with Crippen molar-refractivity contribution in [3.63, 3.8) is 0 Å². The highest BCUT2D eigenvalue weighted by molar-refractivity contribution is 6.02. The maximum Gasteiger partial charge on any atom is 0.178 e. The van der Waals surface area contributed by atoms with Crippen LogP contribution in [0.5, 0.6) is 0 Å². The first-order valence-electron chi connectivity index (χ1n) is 3.80. The van der Waals surface area contributed by atoms with Crippen LogP contribution in [-0.2, 0) is 9.53 Å². The van der Waals surface area contributed by atoms with E-state index in [4.69, 9.17) is 4.74 Å². The minimum absolute atomic E-state index is 0.0532. The second-order valence-electron chi connectivity index (χ2n) is 2.69. The van der Waals surface area contributed by atoms with E-state index in [0.29, 0.717) is 0 Å². The Morgan fingerprint density at radius 3 is 3.17 bits per heavy atom. The molecule has 0 fully saturated rings. The molecule has 0 saturated heterocycles. The Balaban J connectivity index is 2.38. The van der Waals surface area contributed by atoms with Gasteiger partial charge in [-0.15, -0.1) is 0 Å². The summed E-state index contributed by atoms with van der Waals surface area (Å²) in [6, 6.07) is 0. The van der Waals surface area contributed by atoms with Crippen LogP contribution in [-0.4, -0.2) is 5.78 Å². The van der Waals surface area contributed by atoms with Crippen molar-refractivity contribution in [3.8, 4) is 0 Å². The van der Waals surface area contributed by atoms with E-state index in [-0.39, 0.29) is 5.78 Å². The molecule has 0 atom stereocenters. The standard InChI is InChI=1S/C10H8O2/c11-10-4-3-9-7-12-5-1-2-8(9)6-10/h1,3-7H,2H2. The van der Waals surface area contributed by atoms with Crippen LogP contribution in [0.4, 0.5) is 0 Å². The van der Waals surface area contributed by atoms with Crippen molar-refractivity contribution < 1.29 is 9.53 Å². The molecule has 2 heteroatoms. The van der Waals surface area contributed by atoms with Crippen LogP contribution in [0.15, 0.2) is 48.0 Å². The van der Waals surface area contributed by atoms with E-state index in [1.165, 1.54) is 0 Å². The quantitative estimate of drug-likeness (QED) is 0.540. The van der Waals surface area contributed by atoms with Crippen LogP contribution < -0.4 is 0 Å². The Labute approximate surface area is 70.5 Å². The number of allylic oxidation sites excluding steroid dienone is 6. The Morgan fingerprint density at radius 2 is 2.25 bits per heavy atom. The zero-order valence-electron chi connectivity index (χ0n) is 6.49. The summed E-state index contributed by atoms with van der Waals surface area (Å²) < 4.78 is 5.05. The van der Waals surface area contributed by atoms with Crippen molar-refractivity contribution in [1.29, 1.82) is 0 Å². The molecule has 0 radical (unpaired) electrons. The number of hydrogen-bond acceptors (Lipinski definition) is 2. The highest BCUT2D eigenvalue weighted by Crippen LogP contribution is 2.22. The lowest BCUT2D eigenvalue weighted by Crippen LogP contribution is -1.98. The van der Waals surface area contributed by atoms with Gasteiger partial charge in [-0.2, -0.15) is 0 Å². The first kappa shape index (κ1) is 7.10. The van der Waals surface area contributed by atoms with Crippen molar-refractivity contribution in [1.82, 2.24) is 0 Å². The fourth-order valence-corrected chi connectivity index (χ4v) is 1.22. The molecule has 0 spiro atoms. The summed E-state index contributed by atoms with van der Waals surface area (Å²) in [6.45, 7) is 0. The lowest BCUT2D eigenvalue weighted by Gasteiger charge is -2.06. The van der Waals surface area contributed by atoms with E-state index in [1.807, 2.05) is 6.08 Å². The van der Waals surface area contributed by atoms with Crippen molar-refractivity contribution >= 4 is 5.78 Å². The van der Waals surface area contributed by atoms with Gasteiger partial charge in [0.1, 0.15) is 0 Å². The summed E-state index contributed by atoms with van der Waals surface area (Å²) in [6.07, 6.45) is 10.9. The van der Waals surface area contributed by atoms with Gasteiger partial charge >= 0.3 is 0 Å². The van der Waals surface area contributed by atoms with Gasteiger partial charge in [-0.05, 0) is 36.3 Å². The number of ether oxygens (including phenoxy) is 1. The molecule has 0 N–H and O–H groups in total. The van der Waals surface area contributed by atoms with E-state index in [9.17, 15) is 4.79 Å². The fraction of sp³-hybridized carbons (Fsp3) is 0.100. The summed E-state index contributed by atoms with van der Waals surface area (Å²) in [4.78, 5) is 11.0. The Kier molecular flexibility index (Phi) is 1.67. The number of carbonyl (C=O) groups is 1. The van der Waals surface area contributed by atoms with Crippen LogP contribution >= 0.6 is 0 Å². The zero-order valence-corrected chi connectivity index (χ0v) is 6.49. The van der Waals surface area contributed by atoms with Gasteiger partial charge < -0.3 is 4.74 Å². The van der Waals surface area contributed by atoms with Crippen LogP contribution in [0.25, 0.3) is 0 Å². The number of fused-ring (bicyclic) bond motifs is 1. The lowest BCUT2D eigenvalue weighted by molar-refractivity contribution is -0.110. The average molecular weight is 160 g/mol. The predicted octanol–water partition coefficient (Wildman–Crippen LogP) is 1.87. The SMILES string of the molecule is O=C1C=CC2=COC=CCC2=C1. The van der Waals surface area contributed by atoms with Gasteiger partial charge in [-0.25, -0.2) is 0 Å². The minimum Gasteiger partial charge on any atom is -0.472 e. The van der Waals surface area contributed by atoms with Gasteiger partial charge in [0.25, 0.3) is 0 Å². The number of ketones is 1. The third kappa shape index (κ3) is 1.23. The third-order valence-corrected chi connectivity index (χ3v) is 1.82. The van der Waals surface area contributed by atoms with Gasteiger partial charge in [-0.3, -0.25) is 4.79 Å². The second kappa shape index (κ2) is 2.81. The molecule has 1 aliphatic carbocycles. The summed E-state index contributed by atoms with van der Waals surface area (Å²) in [5, 5.41) is 0. The maximum atomic E-state index is 11.0. The highest BCUT2D eigenvalue weighted by Gasteiger charge is 2.10. The third-order valence-electron chi connectivity index (χ3n) is 1.82. The van der Waals surface area contributed by atoms with Crippen LogP contribution in [0.2, 0.25) is 0 Å². The molecule has 1 aliphatic heterocycles. The van der Waals surface area contributed by atoms with E-state index in [2.05, 4.69) is 0 Å². The van der Waals surface area contributed by atoms with E-state index < -0.39 is 0 Å². The highest BCUT2D eigenvalue weighted by atomic mass is 16.5. The predicted molar refractivity (Wildman–Crippen MR) is 45.2 cm³/mol. The first-order chi connectivity index (χ1) is 5.86. The largest absolute Gasteiger partial charge is 0.472 e. The Bertz CT molecular complexity index is 330. The molecule has 2 rings (SSSR count). The Morgan fingerprint density at radius 1 is 1.33 bits per heavy atom. The van der Waals surface area contributed by atoms with Crippen molar-refractivity contribution in [3.05, 3.63) is 48.0 Å². The van der Waals surface area contributed by atoms with Crippen LogP contribution in [0, 0.1) is 0 Å². The topological polar surface area (TPSA) is 26.3 Å². The molecular weight excluding hydrogens is 152 g/mol. The van der Waals surface area contributed by atoms with E-state index in [1.54, 1.807) is 30.8 Å². The van der Waals surface area contributed by atoms with Crippen molar-refractivity contribution in [2.45, 2.75) is 6.42 Å². The molecule has 0 unspecified atom stereocenters. The molecular formula is C10H8O2. The lowest BCUT2D eigenvalue weighted by atomic mass is 9.98. The summed E-state index contributed by atoms with van der Waals surface area (Å²) in [7, 11) is 0. The fourth-order valence-electron chi connectivity index (χ4n) is 1.22. The molecule has 2 aliphatic rings. The molecule has 1 heterocycles. The van der Waals surface area contributed by atoms with E-state index >= 15 is 0 Å². The summed E-state index contributed by atoms with van der Waals surface area (Å²) in [5.74, 6) is 0.0532. The van der Waals surface area contributed by atoms with Gasteiger partial charge in [-0.1, -0.05) is 0 Å². The second-order valence-corrected chi connectivity index (χ2v) is 2.69. The first-order valence-corrected chi connectivity index (χ1v) is 3.80. The van der Waals surface area contributed by atoms with Gasteiger partial charge in [0.2, 0.25) is 0 Å². The van der Waals surface area contributed by atoms with Crippen molar-refractivity contribution in [2.75, 3.05) is 0 Å². The molecule has 0 bridgehead atoms. The molecule has 0 aromatic rings. The molecule has 60 valence electrons. The monoisotopic (exact) mass is 160 g/mol. The molecule has 0 aromatic heterocycles. The molecule has 0 aromatic carbocycles. The normalized spacial score (nSPS) is 20.5. The minimum atomic E-state index is 0.0532. The molecule has 0 amide bonds. The number of rotatable bonds is 0. The molecule has 0 saturated carbocycles. The van der Waals surface area contributed by atoms with Crippen LogP contribution in [0.1, 0.15) is 6.42 Å². The van der Waals surface area contributed by atoms with Crippen molar-refractivity contribution in [2.24, 2.45) is 0 Å². The van der Waals surface area contributed by atoms with Gasteiger partial charge in [0.15, 0.2) is 5.78 Å². The average Bonchev–Trinajstić information content (AvgIpc) is 2.28. The molecule has 2 nitrogen and oxygen atoms in total. The smallest absolute Gasteiger partial charge is 0.178 e. The Hall–Kier alpha value is -1.57. The summed E-state index contributed by atoms with van der Waals surface area (Å²) in [5.41, 5.74) is 2.01. The number of hydrogen-bond donors (Lipinski definition) is 0. The van der Waals surface area contributed by atoms with E-state index in [0.717, 1.165) is 17.6 Å². The number of carbonyl (C=O) groups excluding carboxylic acids is 1. The summed E-state index contributed by atoms with van der Waals surface area (Å²) >= 11 is 0. The van der Waals surface area contributed by atoms with Crippen LogP contribution in [0.3, 0.4) is 0 Å². The molecule has 12 heavy (non-hydrogen) atoms. The zero-order chi connectivity index (χ0) is 8.39. The van der Waals surface area contributed by atoms with Gasteiger partial charge in [0.05, 0.1) is 12.5 Å². The van der Waals surface area contributed by atoms with Gasteiger partial charge in [0, 0.05) is 5.57 Å².